The van der Waals surface area contributed by atoms with E-state index >= 15 is 0 Å². The Kier molecular flexibility index (Phi) is 5.92. The molecular weight excluding hydrogens is 365 g/mol. The first-order valence-corrected chi connectivity index (χ1v) is 8.28. The second kappa shape index (κ2) is 7.76. The number of benzene rings is 1. The number of aromatic nitrogens is 2. The molecule has 2 heterocycles. The van der Waals surface area contributed by atoms with E-state index in [2.05, 4.69) is 15.3 Å². The molecule has 8 heteroatoms. The smallest absolute Gasteiger partial charge is 0.348 e. The van der Waals surface area contributed by atoms with E-state index < -0.39 is 0 Å². The maximum Gasteiger partial charge on any atom is 0.348 e. The van der Waals surface area contributed by atoms with Crippen LogP contribution >= 0.6 is 23.7 Å². The molecule has 0 saturated heterocycles. The summed E-state index contributed by atoms with van der Waals surface area (Å²) in [7, 11) is 0. The van der Waals surface area contributed by atoms with Crippen LogP contribution in [-0.4, -0.2) is 22.5 Å². The molecule has 0 aliphatic heterocycles. The SMILES string of the molecule is CCOC(=O)c1sc2nc(C)nc(Nc3ccc(F)cc3)c2c1C.Cl. The Morgan fingerprint density at radius 1 is 1.24 bits per heavy atom. The molecule has 0 fully saturated rings. The molecule has 3 rings (SSSR count). The molecule has 0 radical (unpaired) electrons. The number of ether oxygens (including phenoxy) is 1. The second-order valence-electron chi connectivity index (χ2n) is 5.21. The Hall–Kier alpha value is -2.25. The maximum atomic E-state index is 13.1. The van der Waals surface area contributed by atoms with Crippen molar-refractivity contribution in [2.45, 2.75) is 20.8 Å². The van der Waals surface area contributed by atoms with Crippen molar-refractivity contribution >= 4 is 51.4 Å². The molecule has 132 valence electrons. The number of carbonyl (C=O) groups is 1. The van der Waals surface area contributed by atoms with Crippen LogP contribution < -0.4 is 5.32 Å². The number of aryl methyl sites for hydroxylation is 2. The monoisotopic (exact) mass is 381 g/mol. The molecule has 0 aliphatic rings. The normalized spacial score (nSPS) is 10.4. The van der Waals surface area contributed by atoms with E-state index in [9.17, 15) is 9.18 Å². The van der Waals surface area contributed by atoms with Gasteiger partial charge >= 0.3 is 5.97 Å². The standard InChI is InChI=1S/C17H16FN3O2S.ClH/c1-4-23-17(22)14-9(2)13-15(19-10(3)20-16(13)24-14)21-12-7-5-11(18)6-8-12;/h5-8H,4H2,1-3H3,(H,19,20,21);1H. The maximum absolute atomic E-state index is 13.1. The van der Waals surface area contributed by atoms with Gasteiger partial charge in [0.15, 0.2) is 0 Å². The van der Waals surface area contributed by atoms with Crippen LogP contribution in [0.25, 0.3) is 10.2 Å². The lowest BCUT2D eigenvalue weighted by molar-refractivity contribution is 0.0531. The third kappa shape index (κ3) is 3.88. The van der Waals surface area contributed by atoms with Crippen molar-refractivity contribution in [2.75, 3.05) is 11.9 Å². The highest BCUT2D eigenvalue weighted by atomic mass is 35.5. The summed E-state index contributed by atoms with van der Waals surface area (Å²) in [6, 6.07) is 6.01. The van der Waals surface area contributed by atoms with Crippen molar-refractivity contribution in [3.8, 4) is 0 Å². The molecule has 5 nitrogen and oxygen atoms in total. The van der Waals surface area contributed by atoms with E-state index in [1.807, 2.05) is 6.92 Å². The Bertz CT molecular complexity index is 912. The molecule has 0 unspecified atom stereocenters. The van der Waals surface area contributed by atoms with E-state index in [1.54, 1.807) is 26.0 Å². The number of fused-ring (bicyclic) bond motifs is 1. The van der Waals surface area contributed by atoms with Gasteiger partial charge in [-0.25, -0.2) is 19.2 Å². The Morgan fingerprint density at radius 3 is 2.56 bits per heavy atom. The van der Waals surface area contributed by atoms with Gasteiger partial charge in [0.05, 0.1) is 12.0 Å². The van der Waals surface area contributed by atoms with Gasteiger partial charge in [-0.2, -0.15) is 0 Å². The zero-order valence-electron chi connectivity index (χ0n) is 13.9. The molecule has 25 heavy (non-hydrogen) atoms. The molecule has 3 aromatic rings. The number of anilines is 2. The van der Waals surface area contributed by atoms with E-state index in [-0.39, 0.29) is 24.2 Å². The van der Waals surface area contributed by atoms with Crippen molar-refractivity contribution in [3.63, 3.8) is 0 Å². The quantitative estimate of drug-likeness (QED) is 0.658. The first-order chi connectivity index (χ1) is 11.5. The van der Waals surface area contributed by atoms with E-state index in [0.29, 0.717) is 33.6 Å². The lowest BCUT2D eigenvalue weighted by Gasteiger charge is -2.08. The van der Waals surface area contributed by atoms with E-state index in [4.69, 9.17) is 4.74 Å². The van der Waals surface area contributed by atoms with Gasteiger partial charge in [-0.3, -0.25) is 0 Å². The number of rotatable bonds is 4. The summed E-state index contributed by atoms with van der Waals surface area (Å²) in [5.74, 6) is 0.515. The van der Waals surface area contributed by atoms with Gasteiger partial charge in [-0.1, -0.05) is 0 Å². The number of halogens is 2. The van der Waals surface area contributed by atoms with Gasteiger partial charge in [-0.05, 0) is 50.6 Å². The molecule has 0 amide bonds. The fourth-order valence-corrected chi connectivity index (χ4v) is 3.52. The van der Waals surface area contributed by atoms with Crippen molar-refractivity contribution in [1.29, 1.82) is 0 Å². The summed E-state index contributed by atoms with van der Waals surface area (Å²) < 4.78 is 18.2. The van der Waals surface area contributed by atoms with Crippen LogP contribution in [0.15, 0.2) is 24.3 Å². The summed E-state index contributed by atoms with van der Waals surface area (Å²) in [5.41, 5.74) is 1.48. The molecule has 0 spiro atoms. The Balaban J connectivity index is 0.00000225. The Labute approximate surface area is 154 Å². The lowest BCUT2D eigenvalue weighted by Crippen LogP contribution is -2.03. The van der Waals surface area contributed by atoms with Crippen molar-refractivity contribution in [3.05, 3.63) is 46.3 Å². The van der Waals surface area contributed by atoms with Crippen LogP contribution in [0.5, 0.6) is 0 Å². The number of hydrogen-bond acceptors (Lipinski definition) is 6. The van der Waals surface area contributed by atoms with Crippen LogP contribution in [0.4, 0.5) is 15.9 Å². The van der Waals surface area contributed by atoms with Crippen LogP contribution in [0.3, 0.4) is 0 Å². The fourth-order valence-electron chi connectivity index (χ4n) is 2.40. The number of thiophene rings is 1. The molecule has 0 aliphatic carbocycles. The van der Waals surface area contributed by atoms with Crippen LogP contribution in [0.2, 0.25) is 0 Å². The summed E-state index contributed by atoms with van der Waals surface area (Å²) >= 11 is 1.29. The zero-order valence-corrected chi connectivity index (χ0v) is 15.6. The molecular formula is C17H17ClFN3O2S. The van der Waals surface area contributed by atoms with E-state index in [0.717, 1.165) is 10.9 Å². The number of nitrogens with one attached hydrogen (secondary N) is 1. The number of hydrogen-bond donors (Lipinski definition) is 1. The largest absolute Gasteiger partial charge is 0.462 e. The minimum absolute atomic E-state index is 0. The van der Waals surface area contributed by atoms with Crippen molar-refractivity contribution in [2.24, 2.45) is 0 Å². The summed E-state index contributed by atoms with van der Waals surface area (Å²) in [5, 5.41) is 3.95. The highest BCUT2D eigenvalue weighted by Gasteiger charge is 2.21. The van der Waals surface area contributed by atoms with Gasteiger partial charge in [0.2, 0.25) is 0 Å². The summed E-state index contributed by atoms with van der Waals surface area (Å²) in [6.45, 7) is 5.72. The predicted molar refractivity (Wildman–Crippen MR) is 99.8 cm³/mol. The molecule has 1 aromatic carbocycles. The topological polar surface area (TPSA) is 64.1 Å². The highest BCUT2D eigenvalue weighted by Crippen LogP contribution is 2.35. The predicted octanol–water partition coefficient (Wildman–Crippen LogP) is 4.79. The molecule has 1 N–H and O–H groups in total. The van der Waals surface area contributed by atoms with Crippen molar-refractivity contribution in [1.82, 2.24) is 9.97 Å². The number of nitrogens with zero attached hydrogens (tertiary/aromatic N) is 2. The van der Waals surface area contributed by atoms with Gasteiger partial charge in [0.25, 0.3) is 0 Å². The third-order valence-electron chi connectivity index (χ3n) is 3.47. The first kappa shape index (κ1) is 19.1. The van der Waals surface area contributed by atoms with Crippen LogP contribution in [0, 0.1) is 19.7 Å². The average Bonchev–Trinajstić information content (AvgIpc) is 2.86. The van der Waals surface area contributed by atoms with Crippen molar-refractivity contribution < 1.29 is 13.9 Å². The fraction of sp³-hybridized carbons (Fsp3) is 0.235. The molecule has 2 aromatic heterocycles. The van der Waals surface area contributed by atoms with Gasteiger partial charge in [0.1, 0.15) is 27.2 Å². The van der Waals surface area contributed by atoms with Gasteiger partial charge in [-0.15, -0.1) is 23.7 Å². The number of carbonyl (C=O) groups excluding carboxylic acids is 1. The first-order valence-electron chi connectivity index (χ1n) is 7.47. The summed E-state index contributed by atoms with van der Waals surface area (Å²) in [4.78, 5) is 22.2. The summed E-state index contributed by atoms with van der Waals surface area (Å²) in [6.07, 6.45) is 0. The minimum atomic E-state index is -0.358. The minimum Gasteiger partial charge on any atom is -0.462 e. The number of esters is 1. The molecule has 0 atom stereocenters. The highest BCUT2D eigenvalue weighted by molar-refractivity contribution is 7.20. The van der Waals surface area contributed by atoms with Crippen LogP contribution in [0.1, 0.15) is 28.0 Å². The van der Waals surface area contributed by atoms with E-state index in [1.165, 1.54) is 23.5 Å². The Morgan fingerprint density at radius 2 is 1.92 bits per heavy atom. The lowest BCUT2D eigenvalue weighted by atomic mass is 10.2. The van der Waals surface area contributed by atoms with Gasteiger partial charge < -0.3 is 10.1 Å². The third-order valence-corrected chi connectivity index (χ3v) is 4.64. The van der Waals surface area contributed by atoms with Gasteiger partial charge in [0, 0.05) is 5.69 Å². The van der Waals surface area contributed by atoms with Crippen LogP contribution in [-0.2, 0) is 4.74 Å². The molecule has 0 saturated carbocycles. The second-order valence-corrected chi connectivity index (χ2v) is 6.21. The average molecular weight is 382 g/mol. The molecule has 0 bridgehead atoms. The zero-order chi connectivity index (χ0) is 17.3.